The van der Waals surface area contributed by atoms with Gasteiger partial charge in [0.1, 0.15) is 0 Å². The first-order chi connectivity index (χ1) is 9.90. The van der Waals surface area contributed by atoms with Crippen LogP contribution in [0.4, 0.5) is 0 Å². The van der Waals surface area contributed by atoms with Gasteiger partial charge in [0.15, 0.2) is 0 Å². The predicted octanol–water partition coefficient (Wildman–Crippen LogP) is 1.13. The summed E-state index contributed by atoms with van der Waals surface area (Å²) in [6.45, 7) is 6.70. The van der Waals surface area contributed by atoms with Crippen LogP contribution in [0.25, 0.3) is 0 Å². The van der Waals surface area contributed by atoms with Crippen LogP contribution >= 0.6 is 0 Å². The molecule has 5 nitrogen and oxygen atoms in total. The van der Waals surface area contributed by atoms with Crippen molar-refractivity contribution < 1.29 is 13.2 Å². The highest BCUT2D eigenvalue weighted by atomic mass is 32.2. The zero-order valence-electron chi connectivity index (χ0n) is 12.6. The van der Waals surface area contributed by atoms with E-state index in [0.29, 0.717) is 24.6 Å². The molecule has 2 heterocycles. The molecule has 2 aliphatic heterocycles. The second kappa shape index (κ2) is 5.35. The van der Waals surface area contributed by atoms with Gasteiger partial charge in [0.05, 0.1) is 17.1 Å². The Kier molecular flexibility index (Phi) is 3.81. The number of morpholine rings is 1. The van der Waals surface area contributed by atoms with Crippen molar-refractivity contribution in [2.75, 3.05) is 26.2 Å². The van der Waals surface area contributed by atoms with E-state index < -0.39 is 15.6 Å². The molecule has 0 aromatic heterocycles. The van der Waals surface area contributed by atoms with Gasteiger partial charge in [0.25, 0.3) is 0 Å². The molecule has 0 radical (unpaired) electrons. The van der Waals surface area contributed by atoms with E-state index in [4.69, 9.17) is 4.74 Å². The highest BCUT2D eigenvalue weighted by Crippen LogP contribution is 2.28. The number of rotatable bonds is 2. The summed E-state index contributed by atoms with van der Waals surface area (Å²) in [5.41, 5.74) is 1.64. The van der Waals surface area contributed by atoms with Gasteiger partial charge in [-0.15, -0.1) is 0 Å². The predicted molar refractivity (Wildman–Crippen MR) is 80.6 cm³/mol. The van der Waals surface area contributed by atoms with E-state index in [1.54, 1.807) is 10.4 Å². The van der Waals surface area contributed by atoms with E-state index in [1.165, 1.54) is 0 Å². The Hall–Kier alpha value is -0.950. The lowest BCUT2D eigenvalue weighted by Crippen LogP contribution is -2.50. The van der Waals surface area contributed by atoms with Crippen LogP contribution in [0.3, 0.4) is 0 Å². The fourth-order valence-corrected chi connectivity index (χ4v) is 4.92. The molecule has 0 bridgehead atoms. The maximum atomic E-state index is 13.0. The van der Waals surface area contributed by atoms with E-state index in [9.17, 15) is 8.42 Å². The molecule has 1 aromatic carbocycles. The zero-order chi connectivity index (χ0) is 15.1. The molecule has 3 rings (SSSR count). The molecule has 2 aliphatic rings. The minimum Gasteiger partial charge on any atom is -0.373 e. The average Bonchev–Trinajstić information content (AvgIpc) is 2.45. The molecule has 6 heteroatoms. The van der Waals surface area contributed by atoms with Crippen molar-refractivity contribution in [2.24, 2.45) is 0 Å². The maximum absolute atomic E-state index is 13.0. The van der Waals surface area contributed by atoms with Crippen LogP contribution in [0, 0.1) is 0 Å². The van der Waals surface area contributed by atoms with E-state index in [2.05, 4.69) is 5.32 Å². The number of ether oxygens (including phenoxy) is 1. The molecule has 0 amide bonds. The van der Waals surface area contributed by atoms with Gasteiger partial charge in [-0.25, -0.2) is 8.42 Å². The summed E-state index contributed by atoms with van der Waals surface area (Å²) >= 11 is 0. The quantitative estimate of drug-likeness (QED) is 0.890. The molecule has 1 N–H and O–H groups in total. The van der Waals surface area contributed by atoms with Gasteiger partial charge >= 0.3 is 0 Å². The van der Waals surface area contributed by atoms with Gasteiger partial charge in [-0.2, -0.15) is 4.31 Å². The molecule has 21 heavy (non-hydrogen) atoms. The van der Waals surface area contributed by atoms with Crippen molar-refractivity contribution in [3.63, 3.8) is 0 Å². The van der Waals surface area contributed by atoms with Gasteiger partial charge in [-0.05, 0) is 44.0 Å². The summed E-state index contributed by atoms with van der Waals surface area (Å²) in [4.78, 5) is 0.471. The standard InChI is InChI=1S/C15H22N2O3S/c1-15(2)11-17(8-9-20-15)21(18,19)14-5-3-4-12-10-16-7-6-13(12)14/h3-5,16H,6-11H2,1-2H3. The largest absolute Gasteiger partial charge is 0.373 e. The molecular formula is C15H22N2O3S. The number of benzene rings is 1. The van der Waals surface area contributed by atoms with Gasteiger partial charge in [0, 0.05) is 19.6 Å². The Balaban J connectivity index is 1.99. The second-order valence-corrected chi connectivity index (χ2v) is 8.17. The molecule has 0 aliphatic carbocycles. The first-order valence-corrected chi connectivity index (χ1v) is 8.80. The van der Waals surface area contributed by atoms with Crippen molar-refractivity contribution in [1.29, 1.82) is 0 Å². The zero-order valence-corrected chi connectivity index (χ0v) is 13.4. The summed E-state index contributed by atoms with van der Waals surface area (Å²) < 4.78 is 33.2. The Labute approximate surface area is 126 Å². The minimum atomic E-state index is -3.45. The third kappa shape index (κ3) is 2.85. The molecule has 1 fully saturated rings. The van der Waals surface area contributed by atoms with Crippen molar-refractivity contribution in [2.45, 2.75) is 37.3 Å². The number of hydrogen-bond acceptors (Lipinski definition) is 4. The number of nitrogens with zero attached hydrogens (tertiary/aromatic N) is 1. The summed E-state index contributed by atoms with van der Waals surface area (Å²) in [5.74, 6) is 0. The number of nitrogens with one attached hydrogen (secondary N) is 1. The smallest absolute Gasteiger partial charge is 0.243 e. The van der Waals surface area contributed by atoms with Gasteiger partial charge in [-0.1, -0.05) is 12.1 Å². The van der Waals surface area contributed by atoms with E-state index in [1.807, 2.05) is 26.0 Å². The molecule has 0 atom stereocenters. The molecule has 0 saturated carbocycles. The van der Waals surface area contributed by atoms with Crippen LogP contribution in [0.2, 0.25) is 0 Å². The van der Waals surface area contributed by atoms with Gasteiger partial charge in [-0.3, -0.25) is 0 Å². The first-order valence-electron chi connectivity index (χ1n) is 7.36. The van der Waals surface area contributed by atoms with Gasteiger partial charge in [0.2, 0.25) is 10.0 Å². The molecular weight excluding hydrogens is 288 g/mol. The molecule has 1 saturated heterocycles. The Bertz CT molecular complexity index is 640. The Morgan fingerprint density at radius 2 is 2.14 bits per heavy atom. The van der Waals surface area contributed by atoms with Crippen LogP contribution in [0.5, 0.6) is 0 Å². The third-order valence-corrected chi connectivity index (χ3v) is 6.04. The van der Waals surface area contributed by atoms with Gasteiger partial charge < -0.3 is 10.1 Å². The molecule has 116 valence electrons. The number of sulfonamides is 1. The van der Waals surface area contributed by atoms with E-state index in [-0.39, 0.29) is 0 Å². The van der Waals surface area contributed by atoms with E-state index in [0.717, 1.165) is 30.6 Å². The molecule has 0 unspecified atom stereocenters. The van der Waals surface area contributed by atoms with Crippen molar-refractivity contribution in [3.8, 4) is 0 Å². The fraction of sp³-hybridized carbons (Fsp3) is 0.600. The summed E-state index contributed by atoms with van der Waals surface area (Å²) in [6, 6.07) is 5.58. The third-order valence-electron chi connectivity index (χ3n) is 4.11. The summed E-state index contributed by atoms with van der Waals surface area (Å²) in [6.07, 6.45) is 0.762. The summed E-state index contributed by atoms with van der Waals surface area (Å²) in [7, 11) is -3.45. The minimum absolute atomic E-state index is 0.400. The molecule has 0 spiro atoms. The monoisotopic (exact) mass is 310 g/mol. The summed E-state index contributed by atoms with van der Waals surface area (Å²) in [5, 5.41) is 3.28. The Morgan fingerprint density at radius 3 is 2.90 bits per heavy atom. The van der Waals surface area contributed by atoms with Crippen LogP contribution in [0.1, 0.15) is 25.0 Å². The topological polar surface area (TPSA) is 58.6 Å². The molecule has 1 aromatic rings. The fourth-order valence-electron chi connectivity index (χ4n) is 3.06. The highest BCUT2D eigenvalue weighted by Gasteiger charge is 2.36. The van der Waals surface area contributed by atoms with Crippen LogP contribution < -0.4 is 5.32 Å². The average molecular weight is 310 g/mol. The lowest BCUT2D eigenvalue weighted by molar-refractivity contribution is -0.0640. The lowest BCUT2D eigenvalue weighted by Gasteiger charge is -2.37. The second-order valence-electron chi connectivity index (χ2n) is 6.27. The lowest BCUT2D eigenvalue weighted by atomic mass is 10.0. The number of hydrogen-bond donors (Lipinski definition) is 1. The SMILES string of the molecule is CC1(C)CN(S(=O)(=O)c2cccc3c2CCNC3)CCO1. The van der Waals surface area contributed by atoms with Crippen molar-refractivity contribution in [3.05, 3.63) is 29.3 Å². The van der Waals surface area contributed by atoms with E-state index >= 15 is 0 Å². The van der Waals surface area contributed by atoms with Crippen LogP contribution in [-0.2, 0) is 27.7 Å². The normalized spacial score (nSPS) is 22.8. The Morgan fingerprint density at radius 1 is 1.33 bits per heavy atom. The first kappa shape index (κ1) is 15.0. The van der Waals surface area contributed by atoms with Crippen molar-refractivity contribution in [1.82, 2.24) is 9.62 Å². The van der Waals surface area contributed by atoms with Crippen molar-refractivity contribution >= 4 is 10.0 Å². The van der Waals surface area contributed by atoms with Crippen LogP contribution in [-0.4, -0.2) is 44.6 Å². The highest BCUT2D eigenvalue weighted by molar-refractivity contribution is 7.89. The number of fused-ring (bicyclic) bond motifs is 1. The maximum Gasteiger partial charge on any atom is 0.243 e. The van der Waals surface area contributed by atoms with Crippen LogP contribution in [0.15, 0.2) is 23.1 Å².